The van der Waals surface area contributed by atoms with Gasteiger partial charge in [0.25, 0.3) is 0 Å². The number of hydrogen-bond acceptors (Lipinski definition) is 3. The lowest BCUT2D eigenvalue weighted by atomic mass is 9.85. The molecule has 0 aromatic heterocycles. The summed E-state index contributed by atoms with van der Waals surface area (Å²) in [6.45, 7) is 0.907. The van der Waals surface area contributed by atoms with Crippen LogP contribution in [0.3, 0.4) is 0 Å². The molecule has 0 radical (unpaired) electrons. The summed E-state index contributed by atoms with van der Waals surface area (Å²) in [6.07, 6.45) is 3.94. The first-order chi connectivity index (χ1) is 11.5. The number of carboxylic acids is 1. The van der Waals surface area contributed by atoms with E-state index in [0.717, 1.165) is 19.4 Å². The van der Waals surface area contributed by atoms with Crippen molar-refractivity contribution in [3.63, 3.8) is 0 Å². The molecule has 6 heteroatoms. The monoisotopic (exact) mass is 334 g/mol. The van der Waals surface area contributed by atoms with Crippen molar-refractivity contribution in [2.75, 3.05) is 13.1 Å². The van der Waals surface area contributed by atoms with Crippen LogP contribution >= 0.6 is 0 Å². The largest absolute Gasteiger partial charge is 0.480 e. The van der Waals surface area contributed by atoms with E-state index in [1.807, 2.05) is 4.90 Å². The summed E-state index contributed by atoms with van der Waals surface area (Å²) in [5.41, 5.74) is 0.395. The van der Waals surface area contributed by atoms with Crippen molar-refractivity contribution < 1.29 is 19.1 Å². The Morgan fingerprint density at radius 3 is 2.58 bits per heavy atom. The molecule has 5 nitrogen and oxygen atoms in total. The van der Waals surface area contributed by atoms with Crippen molar-refractivity contribution in [1.29, 1.82) is 0 Å². The average molecular weight is 334 g/mol. The predicted molar refractivity (Wildman–Crippen MR) is 87.0 cm³/mol. The second kappa shape index (κ2) is 7.30. The number of halogens is 1. The van der Waals surface area contributed by atoms with Crippen molar-refractivity contribution in [1.82, 2.24) is 10.2 Å². The van der Waals surface area contributed by atoms with E-state index < -0.39 is 5.97 Å². The van der Waals surface area contributed by atoms with Gasteiger partial charge in [0.05, 0.1) is 13.0 Å². The van der Waals surface area contributed by atoms with Crippen LogP contribution in [0, 0.1) is 11.7 Å². The van der Waals surface area contributed by atoms with Crippen LogP contribution in [0.1, 0.15) is 31.2 Å². The minimum atomic E-state index is -0.803. The van der Waals surface area contributed by atoms with E-state index in [1.54, 1.807) is 18.2 Å². The highest BCUT2D eigenvalue weighted by atomic mass is 19.1. The number of hydrogen-bond donors (Lipinski definition) is 2. The standard InChI is InChI=1S/C18H23FN2O3/c19-16-4-2-1-3-13(16)7-17(22)20-14-8-15(9-14)21(11-18(23)24)10-12-5-6-12/h1-4,12,14-15H,5-11H2,(H,20,22)(H,23,24). The van der Waals surface area contributed by atoms with Crippen LogP contribution in [-0.4, -0.2) is 47.1 Å². The zero-order valence-electron chi connectivity index (χ0n) is 13.6. The molecule has 2 fully saturated rings. The van der Waals surface area contributed by atoms with Crippen molar-refractivity contribution in [3.05, 3.63) is 35.6 Å². The van der Waals surface area contributed by atoms with Crippen molar-refractivity contribution in [3.8, 4) is 0 Å². The Labute approximate surface area is 140 Å². The van der Waals surface area contributed by atoms with Gasteiger partial charge in [-0.15, -0.1) is 0 Å². The highest BCUT2D eigenvalue weighted by Crippen LogP contribution is 2.33. The van der Waals surface area contributed by atoms with E-state index >= 15 is 0 Å². The molecule has 0 aliphatic heterocycles. The lowest BCUT2D eigenvalue weighted by molar-refractivity contribution is -0.140. The fourth-order valence-corrected chi connectivity index (χ4v) is 3.25. The van der Waals surface area contributed by atoms with Gasteiger partial charge in [-0.05, 0) is 43.2 Å². The van der Waals surface area contributed by atoms with Crippen LogP contribution in [0.5, 0.6) is 0 Å². The van der Waals surface area contributed by atoms with Gasteiger partial charge in [0.2, 0.25) is 5.91 Å². The van der Waals surface area contributed by atoms with Gasteiger partial charge in [-0.3, -0.25) is 14.5 Å². The maximum atomic E-state index is 13.6. The van der Waals surface area contributed by atoms with Gasteiger partial charge >= 0.3 is 5.97 Å². The summed E-state index contributed by atoms with van der Waals surface area (Å²) in [6, 6.07) is 6.56. The second-order valence-electron chi connectivity index (χ2n) is 6.92. The molecule has 2 aliphatic rings. The Hall–Kier alpha value is -1.95. The molecule has 24 heavy (non-hydrogen) atoms. The molecule has 130 valence electrons. The molecule has 1 aromatic rings. The van der Waals surface area contributed by atoms with E-state index in [9.17, 15) is 14.0 Å². The Kier molecular flexibility index (Phi) is 5.14. The third-order valence-electron chi connectivity index (χ3n) is 4.83. The molecule has 2 saturated carbocycles. The van der Waals surface area contributed by atoms with Gasteiger partial charge in [0.15, 0.2) is 0 Å². The van der Waals surface area contributed by atoms with Gasteiger partial charge in [-0.1, -0.05) is 18.2 Å². The summed E-state index contributed by atoms with van der Waals surface area (Å²) in [5, 5.41) is 12.0. The van der Waals surface area contributed by atoms with Crippen molar-refractivity contribution in [2.45, 2.75) is 44.2 Å². The lowest BCUT2D eigenvalue weighted by Gasteiger charge is -2.42. The van der Waals surface area contributed by atoms with Crippen LogP contribution in [-0.2, 0) is 16.0 Å². The normalized spacial score (nSPS) is 22.9. The zero-order valence-corrected chi connectivity index (χ0v) is 13.6. The molecule has 0 heterocycles. The number of carbonyl (C=O) groups is 2. The molecular formula is C18H23FN2O3. The molecular weight excluding hydrogens is 311 g/mol. The quantitative estimate of drug-likeness (QED) is 0.761. The highest BCUT2D eigenvalue weighted by molar-refractivity contribution is 5.79. The number of nitrogens with one attached hydrogen (secondary N) is 1. The summed E-state index contributed by atoms with van der Waals surface area (Å²) in [5.74, 6) is -0.714. The number of carbonyl (C=O) groups excluding carboxylic acids is 1. The third kappa shape index (κ3) is 4.54. The summed E-state index contributed by atoms with van der Waals surface area (Å²) >= 11 is 0. The molecule has 1 aromatic carbocycles. The van der Waals surface area contributed by atoms with Crippen LogP contribution in [0.15, 0.2) is 24.3 Å². The molecule has 0 saturated heterocycles. The Morgan fingerprint density at radius 2 is 1.96 bits per heavy atom. The number of amides is 1. The highest BCUT2D eigenvalue weighted by Gasteiger charge is 2.37. The van der Waals surface area contributed by atoms with Gasteiger partial charge in [0, 0.05) is 18.6 Å². The number of rotatable bonds is 8. The number of aliphatic carboxylic acids is 1. The summed E-state index contributed by atoms with van der Waals surface area (Å²) < 4.78 is 13.6. The number of carboxylic acid groups (broad SMARTS) is 1. The third-order valence-corrected chi connectivity index (χ3v) is 4.83. The van der Waals surface area contributed by atoms with E-state index in [-0.39, 0.29) is 36.8 Å². The number of benzene rings is 1. The Morgan fingerprint density at radius 1 is 1.25 bits per heavy atom. The topological polar surface area (TPSA) is 69.6 Å². The van der Waals surface area contributed by atoms with Crippen LogP contribution in [0.4, 0.5) is 4.39 Å². The first-order valence-corrected chi connectivity index (χ1v) is 8.50. The van der Waals surface area contributed by atoms with E-state index in [1.165, 1.54) is 18.9 Å². The molecule has 2 aliphatic carbocycles. The minimum absolute atomic E-state index is 0.0365. The maximum Gasteiger partial charge on any atom is 0.317 e. The average Bonchev–Trinajstić information content (AvgIpc) is 3.28. The molecule has 1 amide bonds. The van der Waals surface area contributed by atoms with E-state index in [2.05, 4.69) is 5.32 Å². The van der Waals surface area contributed by atoms with Gasteiger partial charge in [-0.25, -0.2) is 4.39 Å². The Bertz CT molecular complexity index is 612. The maximum absolute atomic E-state index is 13.6. The molecule has 2 N–H and O–H groups in total. The zero-order chi connectivity index (χ0) is 17.1. The lowest BCUT2D eigenvalue weighted by Crippen LogP contribution is -2.55. The van der Waals surface area contributed by atoms with Crippen LogP contribution < -0.4 is 5.32 Å². The van der Waals surface area contributed by atoms with Gasteiger partial charge in [-0.2, -0.15) is 0 Å². The summed E-state index contributed by atoms with van der Waals surface area (Å²) in [4.78, 5) is 25.1. The number of nitrogens with zero attached hydrogens (tertiary/aromatic N) is 1. The van der Waals surface area contributed by atoms with Crippen molar-refractivity contribution >= 4 is 11.9 Å². The van der Waals surface area contributed by atoms with E-state index in [0.29, 0.717) is 11.5 Å². The molecule has 0 bridgehead atoms. The molecule has 0 unspecified atom stereocenters. The Balaban J connectivity index is 1.44. The second-order valence-corrected chi connectivity index (χ2v) is 6.92. The fraction of sp³-hybridized carbons (Fsp3) is 0.556. The minimum Gasteiger partial charge on any atom is -0.480 e. The van der Waals surface area contributed by atoms with Crippen LogP contribution in [0.25, 0.3) is 0 Å². The smallest absolute Gasteiger partial charge is 0.317 e. The first-order valence-electron chi connectivity index (χ1n) is 8.50. The van der Waals surface area contributed by atoms with Gasteiger partial charge in [0.1, 0.15) is 5.82 Å². The van der Waals surface area contributed by atoms with Crippen molar-refractivity contribution in [2.24, 2.45) is 5.92 Å². The van der Waals surface area contributed by atoms with E-state index in [4.69, 9.17) is 5.11 Å². The predicted octanol–water partition coefficient (Wildman–Crippen LogP) is 1.81. The van der Waals surface area contributed by atoms with Gasteiger partial charge < -0.3 is 10.4 Å². The summed E-state index contributed by atoms with van der Waals surface area (Å²) in [7, 11) is 0. The fourth-order valence-electron chi connectivity index (χ4n) is 3.25. The SMILES string of the molecule is O=C(O)CN(CC1CC1)C1CC(NC(=O)Cc2ccccc2F)C1. The van der Waals surface area contributed by atoms with Crippen LogP contribution in [0.2, 0.25) is 0 Å². The molecule has 0 spiro atoms. The molecule has 0 atom stereocenters. The molecule has 3 rings (SSSR count). The first kappa shape index (κ1) is 16.9.